The zero-order valence-electron chi connectivity index (χ0n) is 15.7. The van der Waals surface area contributed by atoms with Gasteiger partial charge in [-0.2, -0.15) is 0 Å². The molecule has 0 saturated carbocycles. The molecule has 4 rings (SSSR count). The van der Waals surface area contributed by atoms with Crippen LogP contribution < -0.4 is 4.72 Å². The van der Waals surface area contributed by atoms with Crippen LogP contribution in [0.3, 0.4) is 0 Å². The Morgan fingerprint density at radius 3 is 2.19 bits per heavy atom. The van der Waals surface area contributed by atoms with Crippen LogP contribution in [0.5, 0.6) is 0 Å². The average molecular weight is 385 g/mol. The third-order valence-electron chi connectivity index (χ3n) is 5.84. The van der Waals surface area contributed by atoms with E-state index in [2.05, 4.69) is 33.9 Å². The lowest BCUT2D eigenvalue weighted by molar-refractivity contribution is 0.160. The predicted molar refractivity (Wildman–Crippen MR) is 108 cm³/mol. The Bertz CT molecular complexity index is 859. The first-order valence-electron chi connectivity index (χ1n) is 10.0. The van der Waals surface area contributed by atoms with Gasteiger partial charge >= 0.3 is 0 Å². The summed E-state index contributed by atoms with van der Waals surface area (Å²) in [5.41, 5.74) is 2.56. The molecule has 0 aromatic heterocycles. The molecule has 0 radical (unpaired) electrons. The highest BCUT2D eigenvalue weighted by Gasteiger charge is 2.38. The van der Waals surface area contributed by atoms with Gasteiger partial charge in [0, 0.05) is 6.04 Å². The van der Waals surface area contributed by atoms with E-state index in [1.807, 2.05) is 6.07 Å². The van der Waals surface area contributed by atoms with E-state index in [1.165, 1.54) is 43.2 Å². The average Bonchev–Trinajstić information content (AvgIpc) is 2.99. The topological polar surface area (TPSA) is 49.4 Å². The summed E-state index contributed by atoms with van der Waals surface area (Å²) in [6.07, 6.45) is 6.99. The Hall–Kier alpha value is -1.69. The highest BCUT2D eigenvalue weighted by molar-refractivity contribution is 7.89. The fourth-order valence-electron chi connectivity index (χ4n) is 4.55. The molecular formula is C22H28N2O2S. The first kappa shape index (κ1) is 18.7. The van der Waals surface area contributed by atoms with Gasteiger partial charge in [0.05, 0.1) is 10.9 Å². The summed E-state index contributed by atoms with van der Waals surface area (Å²) in [7, 11) is -3.53. The van der Waals surface area contributed by atoms with Crippen molar-refractivity contribution in [2.45, 2.75) is 55.5 Å². The number of nitrogens with one attached hydrogen (secondary N) is 1. The Labute approximate surface area is 162 Å². The quantitative estimate of drug-likeness (QED) is 0.870. The van der Waals surface area contributed by atoms with Crippen molar-refractivity contribution in [1.29, 1.82) is 0 Å². The molecule has 2 aromatic carbocycles. The summed E-state index contributed by atoms with van der Waals surface area (Å²) in [5.74, 6) is 0. The molecule has 27 heavy (non-hydrogen) atoms. The van der Waals surface area contributed by atoms with Crippen molar-refractivity contribution in [1.82, 2.24) is 9.62 Å². The van der Waals surface area contributed by atoms with Crippen molar-refractivity contribution < 1.29 is 8.42 Å². The Kier molecular flexibility index (Phi) is 5.62. The van der Waals surface area contributed by atoms with Crippen molar-refractivity contribution in [2.75, 3.05) is 13.1 Å². The Balaban J connectivity index is 1.62. The van der Waals surface area contributed by atoms with Crippen LogP contribution in [-0.4, -0.2) is 32.4 Å². The lowest BCUT2D eigenvalue weighted by Gasteiger charge is -2.35. The number of rotatable bonds is 4. The van der Waals surface area contributed by atoms with Gasteiger partial charge in [-0.15, -0.1) is 0 Å². The zero-order chi connectivity index (χ0) is 18.7. The van der Waals surface area contributed by atoms with Crippen LogP contribution in [0.25, 0.3) is 0 Å². The fourth-order valence-corrected chi connectivity index (χ4v) is 5.81. The van der Waals surface area contributed by atoms with Crippen molar-refractivity contribution in [3.8, 4) is 0 Å². The van der Waals surface area contributed by atoms with Gasteiger partial charge in [0.2, 0.25) is 10.0 Å². The monoisotopic (exact) mass is 384 g/mol. The lowest BCUT2D eigenvalue weighted by atomic mass is 10.0. The van der Waals surface area contributed by atoms with Crippen molar-refractivity contribution in [2.24, 2.45) is 0 Å². The van der Waals surface area contributed by atoms with Crippen LogP contribution in [0.15, 0.2) is 59.5 Å². The molecular weight excluding hydrogens is 356 g/mol. The molecule has 0 spiro atoms. The van der Waals surface area contributed by atoms with Crippen LogP contribution in [0.4, 0.5) is 0 Å². The van der Waals surface area contributed by atoms with E-state index >= 15 is 0 Å². The molecule has 0 unspecified atom stereocenters. The first-order chi connectivity index (χ1) is 13.1. The highest BCUT2D eigenvalue weighted by Crippen LogP contribution is 2.37. The van der Waals surface area contributed by atoms with E-state index in [9.17, 15) is 8.42 Å². The number of benzene rings is 2. The summed E-state index contributed by atoms with van der Waals surface area (Å²) in [4.78, 5) is 2.86. The second kappa shape index (κ2) is 8.13. The molecule has 2 aliphatic rings. The van der Waals surface area contributed by atoms with Crippen molar-refractivity contribution in [3.05, 3.63) is 65.7 Å². The van der Waals surface area contributed by atoms with Crippen LogP contribution in [0.1, 0.15) is 49.3 Å². The molecule has 5 heteroatoms. The Morgan fingerprint density at radius 1 is 0.815 bits per heavy atom. The van der Waals surface area contributed by atoms with Gasteiger partial charge in [-0.1, -0.05) is 61.7 Å². The van der Waals surface area contributed by atoms with Gasteiger partial charge in [-0.05, 0) is 55.6 Å². The summed E-state index contributed by atoms with van der Waals surface area (Å²) in [6.45, 7) is 2.09. The Morgan fingerprint density at radius 2 is 1.44 bits per heavy atom. The smallest absolute Gasteiger partial charge is 0.240 e. The first-order valence-corrected chi connectivity index (χ1v) is 11.5. The minimum Gasteiger partial charge on any atom is -0.295 e. The third-order valence-corrected chi connectivity index (χ3v) is 7.34. The number of likely N-dealkylation sites (tertiary alicyclic amines) is 1. The standard InChI is InChI=1S/C22H28N2O2S/c25-27(26,19-12-5-4-6-13-19)23-21-17-18-11-7-8-14-20(18)22(21)24-15-9-2-1-3-10-16-24/h4-8,11-14,21-23H,1-3,9-10,15-17H2/t21-,22-/m1/s1. The maximum absolute atomic E-state index is 13.0. The van der Waals surface area contributed by atoms with Crippen LogP contribution in [0.2, 0.25) is 0 Å². The van der Waals surface area contributed by atoms with Gasteiger partial charge in [-0.3, -0.25) is 4.90 Å². The number of fused-ring (bicyclic) bond motifs is 1. The zero-order valence-corrected chi connectivity index (χ0v) is 16.5. The highest BCUT2D eigenvalue weighted by atomic mass is 32.2. The number of sulfonamides is 1. The minimum atomic E-state index is -3.53. The van der Waals surface area contributed by atoms with Gasteiger partial charge in [0.1, 0.15) is 0 Å². The molecule has 2 aromatic rings. The number of hydrogen-bond acceptors (Lipinski definition) is 3. The summed E-state index contributed by atoms with van der Waals surface area (Å²) in [5, 5.41) is 0. The number of nitrogens with zero attached hydrogens (tertiary/aromatic N) is 1. The maximum Gasteiger partial charge on any atom is 0.240 e. The molecule has 1 aliphatic heterocycles. The van der Waals surface area contributed by atoms with Crippen LogP contribution in [-0.2, 0) is 16.4 Å². The largest absolute Gasteiger partial charge is 0.295 e. The van der Waals surface area contributed by atoms with Gasteiger partial charge in [0.25, 0.3) is 0 Å². The SMILES string of the molecule is O=S(=O)(N[C@@H]1Cc2ccccc2[C@H]1N1CCCCCCC1)c1ccccc1. The molecule has 1 heterocycles. The molecule has 0 bridgehead atoms. The summed E-state index contributed by atoms with van der Waals surface area (Å²) >= 11 is 0. The van der Waals surface area contributed by atoms with Gasteiger partial charge in [0.15, 0.2) is 0 Å². The summed E-state index contributed by atoms with van der Waals surface area (Å²) < 4.78 is 29.0. The van der Waals surface area contributed by atoms with E-state index in [0.29, 0.717) is 4.90 Å². The molecule has 0 amide bonds. The molecule has 2 atom stereocenters. The van der Waals surface area contributed by atoms with E-state index in [0.717, 1.165) is 19.5 Å². The van der Waals surface area contributed by atoms with Gasteiger partial charge in [-0.25, -0.2) is 13.1 Å². The predicted octanol–water partition coefficient (Wildman–Crippen LogP) is 3.90. The van der Waals surface area contributed by atoms with Gasteiger partial charge < -0.3 is 0 Å². The molecule has 1 aliphatic carbocycles. The second-order valence-electron chi connectivity index (χ2n) is 7.69. The third kappa shape index (κ3) is 4.10. The molecule has 4 nitrogen and oxygen atoms in total. The van der Waals surface area contributed by atoms with Crippen LogP contribution >= 0.6 is 0 Å². The molecule has 1 fully saturated rings. The van der Waals surface area contributed by atoms with Crippen LogP contribution in [0, 0.1) is 0 Å². The van der Waals surface area contributed by atoms with E-state index < -0.39 is 10.0 Å². The fraction of sp³-hybridized carbons (Fsp3) is 0.455. The van der Waals surface area contributed by atoms with E-state index in [4.69, 9.17) is 0 Å². The van der Waals surface area contributed by atoms with Crippen molar-refractivity contribution in [3.63, 3.8) is 0 Å². The number of hydrogen-bond donors (Lipinski definition) is 1. The molecule has 1 saturated heterocycles. The molecule has 1 N–H and O–H groups in total. The molecule has 144 valence electrons. The van der Waals surface area contributed by atoms with E-state index in [-0.39, 0.29) is 12.1 Å². The second-order valence-corrected chi connectivity index (χ2v) is 9.41. The summed E-state index contributed by atoms with van der Waals surface area (Å²) in [6, 6.07) is 17.2. The minimum absolute atomic E-state index is 0.118. The maximum atomic E-state index is 13.0. The normalized spacial score (nSPS) is 24.1. The van der Waals surface area contributed by atoms with E-state index in [1.54, 1.807) is 24.3 Å². The lowest BCUT2D eigenvalue weighted by Crippen LogP contribution is -2.45. The van der Waals surface area contributed by atoms with Crippen molar-refractivity contribution >= 4 is 10.0 Å².